The van der Waals surface area contributed by atoms with Crippen LogP contribution in [0.3, 0.4) is 0 Å². The van der Waals surface area contributed by atoms with E-state index in [9.17, 15) is 9.59 Å². The van der Waals surface area contributed by atoms with Crippen LogP contribution in [0.5, 0.6) is 5.75 Å². The quantitative estimate of drug-likeness (QED) is 0.754. The molecule has 132 valence electrons. The van der Waals surface area contributed by atoms with Gasteiger partial charge in [0.1, 0.15) is 5.75 Å². The van der Waals surface area contributed by atoms with Crippen molar-refractivity contribution in [3.8, 4) is 5.75 Å². The van der Waals surface area contributed by atoms with Gasteiger partial charge in [-0.1, -0.05) is 18.2 Å². The average Bonchev–Trinajstić information content (AvgIpc) is 2.62. The van der Waals surface area contributed by atoms with Crippen molar-refractivity contribution in [1.29, 1.82) is 0 Å². The van der Waals surface area contributed by atoms with Crippen molar-refractivity contribution in [2.45, 2.75) is 20.4 Å². The summed E-state index contributed by atoms with van der Waals surface area (Å²) >= 11 is 0. The van der Waals surface area contributed by atoms with Gasteiger partial charge in [-0.15, -0.1) is 0 Å². The largest absolute Gasteiger partial charge is 0.494 e. The molecule has 0 radical (unpaired) electrons. The van der Waals surface area contributed by atoms with Crippen molar-refractivity contribution in [2.24, 2.45) is 0 Å². The van der Waals surface area contributed by atoms with Crippen LogP contribution >= 0.6 is 0 Å². The SMILES string of the molecule is CCOC(=O)c1ccc(NC(=O)NCc2ccccc2OCC)cc1. The van der Waals surface area contributed by atoms with Gasteiger partial charge in [0.15, 0.2) is 0 Å². The Kier molecular flexibility index (Phi) is 6.83. The molecule has 2 N–H and O–H groups in total. The minimum absolute atomic E-state index is 0.324. The summed E-state index contributed by atoms with van der Waals surface area (Å²) in [5, 5.41) is 5.50. The number of ether oxygens (including phenoxy) is 2. The number of para-hydroxylation sites is 1. The van der Waals surface area contributed by atoms with Gasteiger partial charge in [0, 0.05) is 17.8 Å². The molecular weight excluding hydrogens is 320 g/mol. The van der Waals surface area contributed by atoms with Gasteiger partial charge >= 0.3 is 12.0 Å². The number of carbonyl (C=O) groups excluding carboxylic acids is 2. The second kappa shape index (κ2) is 9.32. The number of carbonyl (C=O) groups is 2. The van der Waals surface area contributed by atoms with E-state index in [1.54, 1.807) is 31.2 Å². The van der Waals surface area contributed by atoms with E-state index in [1.165, 1.54) is 0 Å². The molecule has 2 aromatic carbocycles. The molecule has 2 amide bonds. The number of hydrogen-bond acceptors (Lipinski definition) is 4. The van der Waals surface area contributed by atoms with Crippen LogP contribution in [0.15, 0.2) is 48.5 Å². The fourth-order valence-corrected chi connectivity index (χ4v) is 2.20. The molecule has 2 rings (SSSR count). The molecule has 0 aliphatic rings. The zero-order valence-electron chi connectivity index (χ0n) is 14.4. The summed E-state index contributed by atoms with van der Waals surface area (Å²) in [6.07, 6.45) is 0. The summed E-state index contributed by atoms with van der Waals surface area (Å²) in [5.74, 6) is 0.370. The van der Waals surface area contributed by atoms with Gasteiger partial charge < -0.3 is 20.1 Å². The first-order valence-corrected chi connectivity index (χ1v) is 8.16. The molecule has 25 heavy (non-hydrogen) atoms. The number of benzene rings is 2. The molecule has 6 heteroatoms. The molecule has 0 heterocycles. The Hall–Kier alpha value is -3.02. The molecule has 0 spiro atoms. The van der Waals surface area contributed by atoms with Crippen LogP contribution in [-0.2, 0) is 11.3 Å². The van der Waals surface area contributed by atoms with E-state index < -0.39 is 0 Å². The number of esters is 1. The molecule has 6 nitrogen and oxygen atoms in total. The summed E-state index contributed by atoms with van der Waals surface area (Å²) in [6, 6.07) is 13.7. The van der Waals surface area contributed by atoms with Crippen LogP contribution < -0.4 is 15.4 Å². The second-order valence-electron chi connectivity index (χ2n) is 5.15. The third-order valence-electron chi connectivity index (χ3n) is 3.37. The molecule has 0 unspecified atom stereocenters. The lowest BCUT2D eigenvalue weighted by Gasteiger charge is -2.12. The molecule has 0 saturated carbocycles. The molecule has 0 fully saturated rings. The van der Waals surface area contributed by atoms with Crippen molar-refractivity contribution >= 4 is 17.7 Å². The number of hydrogen-bond donors (Lipinski definition) is 2. The van der Waals surface area contributed by atoms with Crippen LogP contribution in [0.25, 0.3) is 0 Å². The number of rotatable bonds is 7. The van der Waals surface area contributed by atoms with Crippen LogP contribution in [0.4, 0.5) is 10.5 Å². The van der Waals surface area contributed by atoms with Crippen molar-refractivity contribution in [2.75, 3.05) is 18.5 Å². The van der Waals surface area contributed by atoms with Crippen molar-refractivity contribution in [3.63, 3.8) is 0 Å². The lowest BCUT2D eigenvalue weighted by molar-refractivity contribution is 0.0526. The van der Waals surface area contributed by atoms with E-state index in [1.807, 2.05) is 31.2 Å². The predicted octanol–water partition coefficient (Wildman–Crippen LogP) is 3.58. The molecule has 0 aliphatic carbocycles. The van der Waals surface area contributed by atoms with E-state index in [-0.39, 0.29) is 12.0 Å². The smallest absolute Gasteiger partial charge is 0.338 e. The normalized spacial score (nSPS) is 10.0. The Morgan fingerprint density at radius 1 is 0.960 bits per heavy atom. The van der Waals surface area contributed by atoms with Crippen LogP contribution in [-0.4, -0.2) is 25.2 Å². The summed E-state index contributed by atoms with van der Waals surface area (Å²) < 4.78 is 10.4. The summed E-state index contributed by atoms with van der Waals surface area (Å²) in [7, 11) is 0. The van der Waals surface area contributed by atoms with Crippen LogP contribution in [0, 0.1) is 0 Å². The van der Waals surface area contributed by atoms with Gasteiger partial charge in [0.05, 0.1) is 18.8 Å². The lowest BCUT2D eigenvalue weighted by Crippen LogP contribution is -2.28. The zero-order chi connectivity index (χ0) is 18.1. The number of urea groups is 1. The molecule has 0 atom stereocenters. The Labute approximate surface area is 147 Å². The Balaban J connectivity index is 1.89. The fourth-order valence-electron chi connectivity index (χ4n) is 2.20. The van der Waals surface area contributed by atoms with E-state index in [4.69, 9.17) is 9.47 Å². The third-order valence-corrected chi connectivity index (χ3v) is 3.37. The Morgan fingerprint density at radius 2 is 1.68 bits per heavy atom. The first kappa shape index (κ1) is 18.3. The number of anilines is 1. The first-order valence-electron chi connectivity index (χ1n) is 8.16. The van der Waals surface area contributed by atoms with E-state index >= 15 is 0 Å². The highest BCUT2D eigenvalue weighted by molar-refractivity contribution is 5.92. The Bertz CT molecular complexity index is 714. The highest BCUT2D eigenvalue weighted by Crippen LogP contribution is 2.17. The summed E-state index contributed by atoms with van der Waals surface area (Å²) in [4.78, 5) is 23.6. The zero-order valence-corrected chi connectivity index (χ0v) is 14.4. The van der Waals surface area contributed by atoms with Crippen LogP contribution in [0.2, 0.25) is 0 Å². The molecule has 0 saturated heterocycles. The molecule has 0 aliphatic heterocycles. The maximum atomic E-state index is 12.0. The van der Waals surface area contributed by atoms with Gasteiger partial charge in [-0.2, -0.15) is 0 Å². The van der Waals surface area contributed by atoms with E-state index in [0.29, 0.717) is 31.0 Å². The number of amides is 2. The number of nitrogens with one attached hydrogen (secondary N) is 2. The van der Waals surface area contributed by atoms with Gasteiger partial charge in [-0.05, 0) is 44.2 Å². The van der Waals surface area contributed by atoms with Gasteiger partial charge in [0.2, 0.25) is 0 Å². The van der Waals surface area contributed by atoms with Crippen molar-refractivity contribution in [1.82, 2.24) is 5.32 Å². The first-order chi connectivity index (χ1) is 12.1. The minimum atomic E-state index is -0.383. The van der Waals surface area contributed by atoms with Crippen molar-refractivity contribution in [3.05, 3.63) is 59.7 Å². The standard InChI is InChI=1S/C19H22N2O4/c1-3-24-17-8-6-5-7-15(17)13-20-19(23)21-16-11-9-14(10-12-16)18(22)25-4-2/h5-12H,3-4,13H2,1-2H3,(H2,20,21,23). The second-order valence-corrected chi connectivity index (χ2v) is 5.15. The van der Waals surface area contributed by atoms with Crippen molar-refractivity contribution < 1.29 is 19.1 Å². The van der Waals surface area contributed by atoms with Gasteiger partial charge in [0.25, 0.3) is 0 Å². The Morgan fingerprint density at radius 3 is 2.36 bits per heavy atom. The third kappa shape index (κ3) is 5.53. The highest BCUT2D eigenvalue weighted by atomic mass is 16.5. The monoisotopic (exact) mass is 342 g/mol. The maximum Gasteiger partial charge on any atom is 0.338 e. The molecule has 0 aromatic heterocycles. The summed E-state index contributed by atoms with van der Waals surface area (Å²) in [6.45, 7) is 4.90. The predicted molar refractivity (Wildman–Crippen MR) is 95.9 cm³/mol. The van der Waals surface area contributed by atoms with Gasteiger partial charge in [-0.25, -0.2) is 9.59 Å². The summed E-state index contributed by atoms with van der Waals surface area (Å²) in [5.41, 5.74) is 1.93. The maximum absolute atomic E-state index is 12.0. The van der Waals surface area contributed by atoms with E-state index in [0.717, 1.165) is 11.3 Å². The molecular formula is C19H22N2O4. The molecule has 2 aromatic rings. The average molecular weight is 342 g/mol. The van der Waals surface area contributed by atoms with E-state index in [2.05, 4.69) is 10.6 Å². The topological polar surface area (TPSA) is 76.7 Å². The molecule has 0 bridgehead atoms. The minimum Gasteiger partial charge on any atom is -0.494 e. The van der Waals surface area contributed by atoms with Gasteiger partial charge in [-0.3, -0.25) is 0 Å². The fraction of sp³-hybridized carbons (Fsp3) is 0.263. The highest BCUT2D eigenvalue weighted by Gasteiger charge is 2.08. The van der Waals surface area contributed by atoms with Crippen LogP contribution in [0.1, 0.15) is 29.8 Å². The lowest BCUT2D eigenvalue weighted by atomic mass is 10.2.